The summed E-state index contributed by atoms with van der Waals surface area (Å²) in [6.07, 6.45) is 30.7. The van der Waals surface area contributed by atoms with Crippen molar-refractivity contribution in [3.63, 3.8) is 0 Å². The molecule has 0 bridgehead atoms. The lowest BCUT2D eigenvalue weighted by molar-refractivity contribution is -0.302. The van der Waals surface area contributed by atoms with Crippen LogP contribution in [0.15, 0.2) is 24.3 Å². The van der Waals surface area contributed by atoms with E-state index in [2.05, 4.69) is 31.3 Å². The lowest BCUT2D eigenvalue weighted by Gasteiger charge is -2.40. The summed E-state index contributed by atoms with van der Waals surface area (Å²) in [6, 6.07) is -0.815. The molecule has 7 unspecified atom stereocenters. The van der Waals surface area contributed by atoms with E-state index in [0.717, 1.165) is 38.5 Å². The van der Waals surface area contributed by atoms with E-state index in [9.17, 15) is 30.3 Å². The number of aliphatic hydroxyl groups is 5. The Morgan fingerprint density at radius 2 is 1.12 bits per heavy atom. The number of aliphatic hydroxyl groups excluding tert-OH is 5. The highest BCUT2D eigenvalue weighted by atomic mass is 16.7. The predicted molar refractivity (Wildman–Crippen MR) is 207 cm³/mol. The van der Waals surface area contributed by atoms with E-state index in [-0.39, 0.29) is 12.5 Å². The Morgan fingerprint density at radius 1 is 0.647 bits per heavy atom. The van der Waals surface area contributed by atoms with Crippen molar-refractivity contribution in [3.05, 3.63) is 24.3 Å². The first kappa shape index (κ1) is 47.7. The molecule has 9 heteroatoms. The number of hydrogen-bond acceptors (Lipinski definition) is 8. The van der Waals surface area contributed by atoms with Gasteiger partial charge in [-0.05, 0) is 32.1 Å². The van der Waals surface area contributed by atoms with E-state index < -0.39 is 49.5 Å². The second-order valence-electron chi connectivity index (χ2n) is 14.8. The number of hydrogen-bond donors (Lipinski definition) is 6. The summed E-state index contributed by atoms with van der Waals surface area (Å²) in [5.41, 5.74) is 0. The molecule has 6 N–H and O–H groups in total. The molecule has 0 aromatic heterocycles. The summed E-state index contributed by atoms with van der Waals surface area (Å²) < 4.78 is 11.2. The molecule has 1 amide bonds. The first-order chi connectivity index (χ1) is 24.8. The van der Waals surface area contributed by atoms with Gasteiger partial charge in [-0.2, -0.15) is 0 Å². The van der Waals surface area contributed by atoms with Crippen molar-refractivity contribution in [1.29, 1.82) is 0 Å². The molecule has 1 saturated heterocycles. The Labute approximate surface area is 311 Å². The van der Waals surface area contributed by atoms with Crippen LogP contribution in [0.2, 0.25) is 0 Å². The maximum absolute atomic E-state index is 12.9. The van der Waals surface area contributed by atoms with Crippen LogP contribution in [0.3, 0.4) is 0 Å². The van der Waals surface area contributed by atoms with Gasteiger partial charge in [0, 0.05) is 6.42 Å². The second-order valence-corrected chi connectivity index (χ2v) is 14.8. The third kappa shape index (κ3) is 24.6. The van der Waals surface area contributed by atoms with E-state index in [1.807, 2.05) is 6.08 Å². The molecule has 51 heavy (non-hydrogen) atoms. The third-order valence-electron chi connectivity index (χ3n) is 10.0. The van der Waals surface area contributed by atoms with Gasteiger partial charge in [0.15, 0.2) is 6.29 Å². The molecular formula is C42H79NO8. The molecule has 1 aliphatic heterocycles. The van der Waals surface area contributed by atoms with Crippen molar-refractivity contribution in [1.82, 2.24) is 5.32 Å². The van der Waals surface area contributed by atoms with Crippen LogP contribution in [0.1, 0.15) is 181 Å². The highest BCUT2D eigenvalue weighted by Gasteiger charge is 2.44. The van der Waals surface area contributed by atoms with E-state index in [4.69, 9.17) is 9.47 Å². The van der Waals surface area contributed by atoms with E-state index in [0.29, 0.717) is 6.42 Å². The standard InChI is InChI=1S/C42H79NO8/c1-3-5-7-9-11-13-15-17-18-20-21-23-25-27-29-31-36(45)35(34-50-42-41(49)40(48)39(47)37(33-44)51-42)43-38(46)32-30-28-26-24-22-19-16-14-12-10-8-6-4-2/h21,23,29,31,35-37,39-42,44-45,47-49H,3-20,22,24-28,30,32-34H2,1-2H3,(H,43,46)/b23-21+,31-29+. The quantitative estimate of drug-likeness (QED) is 0.0289. The van der Waals surface area contributed by atoms with Crippen molar-refractivity contribution in [2.24, 2.45) is 0 Å². The molecule has 0 radical (unpaired) electrons. The highest BCUT2D eigenvalue weighted by Crippen LogP contribution is 2.22. The van der Waals surface area contributed by atoms with Crippen LogP contribution in [0, 0.1) is 0 Å². The Balaban J connectivity index is 2.44. The number of rotatable bonds is 34. The van der Waals surface area contributed by atoms with Crippen LogP contribution in [0.4, 0.5) is 0 Å². The van der Waals surface area contributed by atoms with Crippen LogP contribution >= 0.6 is 0 Å². The summed E-state index contributed by atoms with van der Waals surface area (Å²) in [6.45, 7) is 3.74. The number of unbranched alkanes of at least 4 members (excludes halogenated alkanes) is 22. The molecule has 9 nitrogen and oxygen atoms in total. The fourth-order valence-electron chi connectivity index (χ4n) is 6.58. The summed E-state index contributed by atoms with van der Waals surface area (Å²) in [5, 5.41) is 54.0. The van der Waals surface area contributed by atoms with Gasteiger partial charge in [-0.25, -0.2) is 0 Å². The van der Waals surface area contributed by atoms with Gasteiger partial charge in [-0.1, -0.05) is 167 Å². The lowest BCUT2D eigenvalue weighted by Crippen LogP contribution is -2.60. The fraction of sp³-hybridized carbons (Fsp3) is 0.881. The SMILES string of the molecule is CCCCCCCCCCC/C=C/CC/C=C/C(O)C(COC1OC(CO)C(O)C(O)C1O)NC(=O)CCCCCCCCCCCCCCC. The zero-order chi connectivity index (χ0) is 37.4. The highest BCUT2D eigenvalue weighted by molar-refractivity contribution is 5.76. The average molecular weight is 726 g/mol. The van der Waals surface area contributed by atoms with Gasteiger partial charge in [0.2, 0.25) is 5.91 Å². The van der Waals surface area contributed by atoms with Gasteiger partial charge in [0.1, 0.15) is 24.4 Å². The Bertz CT molecular complexity index is 853. The Morgan fingerprint density at radius 3 is 1.65 bits per heavy atom. The van der Waals surface area contributed by atoms with Gasteiger partial charge < -0.3 is 40.3 Å². The Kier molecular flexibility index (Phi) is 31.1. The zero-order valence-electron chi connectivity index (χ0n) is 32.6. The molecule has 1 aliphatic rings. The molecule has 0 saturated carbocycles. The van der Waals surface area contributed by atoms with Gasteiger partial charge in [-0.3, -0.25) is 4.79 Å². The molecule has 7 atom stereocenters. The summed E-state index contributed by atoms with van der Waals surface area (Å²) in [4.78, 5) is 12.9. The molecule has 0 aliphatic carbocycles. The van der Waals surface area contributed by atoms with Crippen molar-refractivity contribution >= 4 is 5.91 Å². The molecule has 0 aromatic rings. The minimum absolute atomic E-state index is 0.188. The summed E-state index contributed by atoms with van der Waals surface area (Å²) in [7, 11) is 0. The van der Waals surface area contributed by atoms with Crippen molar-refractivity contribution in [2.45, 2.75) is 224 Å². The van der Waals surface area contributed by atoms with E-state index in [1.54, 1.807) is 6.08 Å². The first-order valence-electron chi connectivity index (χ1n) is 21.1. The topological polar surface area (TPSA) is 149 Å². The smallest absolute Gasteiger partial charge is 0.220 e. The lowest BCUT2D eigenvalue weighted by atomic mass is 9.99. The molecule has 300 valence electrons. The first-order valence-corrected chi connectivity index (χ1v) is 21.1. The maximum Gasteiger partial charge on any atom is 0.220 e. The number of allylic oxidation sites excluding steroid dienone is 3. The average Bonchev–Trinajstić information content (AvgIpc) is 3.13. The monoisotopic (exact) mass is 726 g/mol. The third-order valence-corrected chi connectivity index (χ3v) is 10.0. The van der Waals surface area contributed by atoms with E-state index in [1.165, 1.54) is 122 Å². The second kappa shape index (κ2) is 33.3. The fourth-order valence-corrected chi connectivity index (χ4v) is 6.58. The maximum atomic E-state index is 12.9. The minimum atomic E-state index is -1.57. The largest absolute Gasteiger partial charge is 0.394 e. The number of nitrogens with one attached hydrogen (secondary N) is 1. The molecule has 0 aromatic carbocycles. The summed E-state index contributed by atoms with van der Waals surface area (Å²) in [5.74, 6) is -0.188. The number of carbonyl (C=O) groups excluding carboxylic acids is 1. The zero-order valence-corrected chi connectivity index (χ0v) is 32.6. The molecule has 1 heterocycles. The minimum Gasteiger partial charge on any atom is -0.394 e. The predicted octanol–water partition coefficient (Wildman–Crippen LogP) is 7.94. The van der Waals surface area contributed by atoms with Crippen LogP contribution in [-0.4, -0.2) is 87.5 Å². The molecule has 1 rings (SSSR count). The van der Waals surface area contributed by atoms with E-state index >= 15 is 0 Å². The van der Waals surface area contributed by atoms with Gasteiger partial charge in [0.25, 0.3) is 0 Å². The van der Waals surface area contributed by atoms with Gasteiger partial charge in [0.05, 0.1) is 25.4 Å². The van der Waals surface area contributed by atoms with Gasteiger partial charge in [-0.15, -0.1) is 0 Å². The molecule has 1 fully saturated rings. The molecular weight excluding hydrogens is 646 g/mol. The molecule has 0 spiro atoms. The Hall–Kier alpha value is -1.33. The number of carbonyl (C=O) groups is 1. The number of ether oxygens (including phenoxy) is 2. The van der Waals surface area contributed by atoms with Crippen molar-refractivity contribution in [3.8, 4) is 0 Å². The van der Waals surface area contributed by atoms with Crippen LogP contribution < -0.4 is 5.32 Å². The van der Waals surface area contributed by atoms with Crippen LogP contribution in [-0.2, 0) is 14.3 Å². The van der Waals surface area contributed by atoms with Crippen LogP contribution in [0.5, 0.6) is 0 Å². The number of amides is 1. The van der Waals surface area contributed by atoms with Crippen LogP contribution in [0.25, 0.3) is 0 Å². The summed E-state index contributed by atoms with van der Waals surface area (Å²) >= 11 is 0. The van der Waals surface area contributed by atoms with Crippen molar-refractivity contribution in [2.75, 3.05) is 13.2 Å². The van der Waals surface area contributed by atoms with Crippen molar-refractivity contribution < 1.29 is 39.8 Å². The van der Waals surface area contributed by atoms with Gasteiger partial charge >= 0.3 is 0 Å². The normalized spacial score (nSPS) is 22.2.